The van der Waals surface area contributed by atoms with E-state index in [0.29, 0.717) is 12.1 Å². The smallest absolute Gasteiger partial charge is 0.225 e. The van der Waals surface area contributed by atoms with Gasteiger partial charge in [0, 0.05) is 49.6 Å². The molecule has 4 aromatic rings. The molecule has 0 amide bonds. The van der Waals surface area contributed by atoms with E-state index in [1.165, 1.54) is 12.8 Å². The number of benzene rings is 1. The minimum atomic E-state index is 0.510. The largest absolute Gasteiger partial charge is 0.378 e. The van der Waals surface area contributed by atoms with Crippen molar-refractivity contribution in [2.75, 3.05) is 54.5 Å². The van der Waals surface area contributed by atoms with Crippen LogP contribution in [0.15, 0.2) is 49.1 Å². The number of piperazine rings is 1. The van der Waals surface area contributed by atoms with Gasteiger partial charge in [-0.15, -0.1) is 0 Å². The Morgan fingerprint density at radius 2 is 1.64 bits per heavy atom. The average Bonchev–Trinajstić information content (AvgIpc) is 3.48. The molecular formula is C26H29N9O. The van der Waals surface area contributed by atoms with Crippen molar-refractivity contribution in [3.8, 4) is 11.3 Å². The Balaban J connectivity index is 1.07. The molecule has 0 spiro atoms. The number of ether oxygens (including phenoxy) is 1. The fourth-order valence-corrected chi connectivity index (χ4v) is 5.63. The van der Waals surface area contributed by atoms with Gasteiger partial charge in [0.2, 0.25) is 5.95 Å². The van der Waals surface area contributed by atoms with E-state index < -0.39 is 0 Å². The third-order valence-corrected chi connectivity index (χ3v) is 7.45. The fraction of sp³-hybridized carbons (Fsp3) is 0.385. The monoisotopic (exact) mass is 483 g/mol. The van der Waals surface area contributed by atoms with E-state index in [1.54, 1.807) is 6.33 Å². The van der Waals surface area contributed by atoms with Gasteiger partial charge < -0.3 is 30.2 Å². The van der Waals surface area contributed by atoms with E-state index in [0.717, 1.165) is 84.8 Å². The predicted molar refractivity (Wildman–Crippen MR) is 140 cm³/mol. The van der Waals surface area contributed by atoms with E-state index in [2.05, 4.69) is 75.7 Å². The Morgan fingerprint density at radius 1 is 0.889 bits per heavy atom. The second-order valence-electron chi connectivity index (χ2n) is 9.67. The van der Waals surface area contributed by atoms with Crippen molar-refractivity contribution in [2.24, 2.45) is 0 Å². The molecule has 2 unspecified atom stereocenters. The standard InChI is InChI=1S/C26H29N9O/c1-3-18(32-19-12-28-26(29-13-19)35-20-5-6-21(35)15-27-14-20)4-2-17(1)23-11-22-24(33-23)30-16-31-25(22)34-7-9-36-10-8-34/h1-4,11-13,16,20-21,27,32H,5-10,14-15H2,(H,30,31,33). The zero-order valence-electron chi connectivity index (χ0n) is 20.0. The quantitative estimate of drug-likeness (QED) is 0.395. The summed E-state index contributed by atoms with van der Waals surface area (Å²) in [5.74, 6) is 1.80. The lowest BCUT2D eigenvalue weighted by atomic mass is 10.1. The number of hydrogen-bond acceptors (Lipinski definition) is 9. The molecule has 36 heavy (non-hydrogen) atoms. The third-order valence-electron chi connectivity index (χ3n) is 7.45. The van der Waals surface area contributed by atoms with E-state index >= 15 is 0 Å². The van der Waals surface area contributed by atoms with Crippen LogP contribution in [0.5, 0.6) is 0 Å². The van der Waals surface area contributed by atoms with Gasteiger partial charge in [-0.3, -0.25) is 0 Å². The van der Waals surface area contributed by atoms with Crippen molar-refractivity contribution in [3.05, 3.63) is 49.1 Å². The van der Waals surface area contributed by atoms with Crippen LogP contribution in [0.2, 0.25) is 0 Å². The predicted octanol–water partition coefficient (Wildman–Crippen LogP) is 2.94. The summed E-state index contributed by atoms with van der Waals surface area (Å²) in [5.41, 5.74) is 4.82. The molecule has 6 heterocycles. The Labute approximate surface area is 209 Å². The van der Waals surface area contributed by atoms with Crippen LogP contribution in [0.25, 0.3) is 22.3 Å². The van der Waals surface area contributed by atoms with Crippen LogP contribution in [0.1, 0.15) is 12.8 Å². The second-order valence-corrected chi connectivity index (χ2v) is 9.67. The van der Waals surface area contributed by atoms with E-state index in [1.807, 2.05) is 12.4 Å². The molecule has 10 heteroatoms. The van der Waals surface area contributed by atoms with Crippen molar-refractivity contribution in [3.63, 3.8) is 0 Å². The van der Waals surface area contributed by atoms with Crippen LogP contribution < -0.4 is 20.4 Å². The van der Waals surface area contributed by atoms with E-state index in [4.69, 9.17) is 4.74 Å². The van der Waals surface area contributed by atoms with Crippen molar-refractivity contribution in [2.45, 2.75) is 24.9 Å². The summed E-state index contributed by atoms with van der Waals surface area (Å²) in [4.78, 5) is 26.5. The number of rotatable bonds is 5. The fourth-order valence-electron chi connectivity index (χ4n) is 5.63. The third kappa shape index (κ3) is 3.92. The molecule has 3 N–H and O–H groups in total. The van der Waals surface area contributed by atoms with Gasteiger partial charge in [0.15, 0.2) is 0 Å². The van der Waals surface area contributed by atoms with Crippen molar-refractivity contribution in [1.82, 2.24) is 30.2 Å². The molecule has 0 aliphatic carbocycles. The zero-order valence-corrected chi connectivity index (χ0v) is 20.0. The summed E-state index contributed by atoms with van der Waals surface area (Å²) in [5, 5.41) is 7.96. The molecule has 2 bridgehead atoms. The van der Waals surface area contributed by atoms with Gasteiger partial charge in [0.25, 0.3) is 0 Å². The van der Waals surface area contributed by atoms with Crippen molar-refractivity contribution in [1.29, 1.82) is 0 Å². The number of anilines is 4. The molecule has 0 radical (unpaired) electrons. The van der Waals surface area contributed by atoms with Crippen LogP contribution >= 0.6 is 0 Å². The summed E-state index contributed by atoms with van der Waals surface area (Å²) in [6, 6.07) is 11.5. The van der Waals surface area contributed by atoms with Crippen LogP contribution in [-0.2, 0) is 4.74 Å². The van der Waals surface area contributed by atoms with Gasteiger partial charge in [-0.05, 0) is 36.6 Å². The molecule has 2 atom stereocenters. The van der Waals surface area contributed by atoms with E-state index in [-0.39, 0.29) is 0 Å². The van der Waals surface area contributed by atoms with Crippen molar-refractivity contribution >= 4 is 34.2 Å². The number of hydrogen-bond donors (Lipinski definition) is 3. The van der Waals surface area contributed by atoms with Crippen molar-refractivity contribution < 1.29 is 4.74 Å². The number of nitrogens with one attached hydrogen (secondary N) is 3. The number of aromatic amines is 1. The second kappa shape index (κ2) is 9.03. The molecule has 10 nitrogen and oxygen atoms in total. The first-order valence-electron chi connectivity index (χ1n) is 12.7. The van der Waals surface area contributed by atoms with Crippen LogP contribution in [0.3, 0.4) is 0 Å². The first-order valence-corrected chi connectivity index (χ1v) is 12.7. The Bertz CT molecular complexity index is 1330. The summed E-state index contributed by atoms with van der Waals surface area (Å²) in [7, 11) is 0. The SMILES string of the molecule is c1nc(N2CCOCC2)c2cc(-c3ccc(Nc4cnc(N5C6CCC5CNC6)nc4)cc3)[nH]c2n1. The normalized spacial score (nSPS) is 21.8. The topological polar surface area (TPSA) is 107 Å². The average molecular weight is 484 g/mol. The lowest BCUT2D eigenvalue weighted by Crippen LogP contribution is -2.52. The number of fused-ring (bicyclic) bond motifs is 3. The number of aromatic nitrogens is 5. The molecule has 7 rings (SSSR count). The van der Waals surface area contributed by atoms with Crippen LogP contribution in [0, 0.1) is 0 Å². The minimum absolute atomic E-state index is 0.510. The van der Waals surface area contributed by atoms with Crippen LogP contribution in [-0.4, -0.2) is 76.4 Å². The minimum Gasteiger partial charge on any atom is -0.378 e. The lowest BCUT2D eigenvalue weighted by Gasteiger charge is -2.35. The number of nitrogens with zero attached hydrogens (tertiary/aromatic N) is 6. The summed E-state index contributed by atoms with van der Waals surface area (Å²) >= 11 is 0. The molecule has 1 aromatic carbocycles. The highest BCUT2D eigenvalue weighted by Crippen LogP contribution is 2.32. The van der Waals surface area contributed by atoms with E-state index in [9.17, 15) is 0 Å². The number of H-pyrrole nitrogens is 1. The maximum atomic E-state index is 5.49. The van der Waals surface area contributed by atoms with Gasteiger partial charge in [0.05, 0.1) is 36.7 Å². The molecule has 3 aliphatic heterocycles. The van der Waals surface area contributed by atoms with Gasteiger partial charge in [-0.2, -0.15) is 0 Å². The van der Waals surface area contributed by atoms with Gasteiger partial charge in [-0.1, -0.05) is 12.1 Å². The summed E-state index contributed by atoms with van der Waals surface area (Å²) in [6.45, 7) is 5.17. The lowest BCUT2D eigenvalue weighted by molar-refractivity contribution is 0.122. The summed E-state index contributed by atoms with van der Waals surface area (Å²) < 4.78 is 5.49. The Hall–Kier alpha value is -3.76. The van der Waals surface area contributed by atoms with Gasteiger partial charge >= 0.3 is 0 Å². The molecular weight excluding hydrogens is 454 g/mol. The molecule has 0 saturated carbocycles. The maximum Gasteiger partial charge on any atom is 0.225 e. The molecule has 3 fully saturated rings. The number of morpholine rings is 1. The van der Waals surface area contributed by atoms with Gasteiger partial charge in [0.1, 0.15) is 17.8 Å². The Morgan fingerprint density at radius 3 is 2.39 bits per heavy atom. The zero-order chi connectivity index (χ0) is 23.9. The molecule has 3 aliphatic rings. The summed E-state index contributed by atoms with van der Waals surface area (Å²) in [6.07, 6.45) is 7.80. The molecule has 3 aromatic heterocycles. The first-order chi connectivity index (χ1) is 17.8. The maximum absolute atomic E-state index is 5.49. The highest BCUT2D eigenvalue weighted by molar-refractivity contribution is 5.92. The van der Waals surface area contributed by atoms with Crippen LogP contribution in [0.4, 0.5) is 23.1 Å². The van der Waals surface area contributed by atoms with Gasteiger partial charge in [-0.25, -0.2) is 19.9 Å². The highest BCUT2D eigenvalue weighted by Gasteiger charge is 2.37. The molecule has 3 saturated heterocycles. The molecule has 184 valence electrons. The Kier molecular flexibility index (Phi) is 5.40. The highest BCUT2D eigenvalue weighted by atomic mass is 16.5. The first kappa shape index (κ1) is 21.5.